The van der Waals surface area contributed by atoms with Gasteiger partial charge in [-0.05, 0) is 0 Å². The molecular weight excluding hydrogens is 272 g/mol. The number of Topliss-reactive ketones (excluding diaryl/α,β-unsaturated/α-hetero) is 3. The molecule has 98 valence electrons. The van der Waals surface area contributed by atoms with Gasteiger partial charge in [0.15, 0.2) is 0 Å². The van der Waals surface area contributed by atoms with E-state index in [0.717, 1.165) is 0 Å². The van der Waals surface area contributed by atoms with Crippen LogP contribution in [0.25, 0.3) is 0 Å². The van der Waals surface area contributed by atoms with Gasteiger partial charge in [-0.15, -0.1) is 0 Å². The first-order valence-corrected chi connectivity index (χ1v) is 3.37. The Kier molecular flexibility index (Phi) is 3.67. The highest BCUT2D eigenvalue weighted by Gasteiger charge is 2.66. The summed E-state index contributed by atoms with van der Waals surface area (Å²) in [6, 6.07) is 0. The second kappa shape index (κ2) is 4.04. The van der Waals surface area contributed by atoms with Gasteiger partial charge in [0, 0.05) is 0 Å². The second-order valence-corrected chi connectivity index (χ2v) is 2.56. The van der Waals surface area contributed by atoms with Crippen LogP contribution in [0.1, 0.15) is 0 Å². The zero-order valence-electron chi connectivity index (χ0n) is 7.25. The van der Waals surface area contributed by atoms with E-state index in [4.69, 9.17) is 0 Å². The quantitative estimate of drug-likeness (QED) is 0.444. The summed E-state index contributed by atoms with van der Waals surface area (Å²) in [5.41, 5.74) is 0. The zero-order chi connectivity index (χ0) is 14.2. The number of rotatable bonds is 3. The van der Waals surface area contributed by atoms with Gasteiger partial charge in [-0.25, -0.2) is 0 Å². The third-order valence-corrected chi connectivity index (χ3v) is 1.31. The summed E-state index contributed by atoms with van der Waals surface area (Å²) in [7, 11) is 0. The minimum absolute atomic E-state index is 3.47. The van der Waals surface area contributed by atoms with E-state index in [1.807, 2.05) is 0 Å². The highest BCUT2D eigenvalue weighted by molar-refractivity contribution is 6.66. The van der Waals surface area contributed by atoms with Crippen molar-refractivity contribution in [1.82, 2.24) is 0 Å². The van der Waals surface area contributed by atoms with Crippen molar-refractivity contribution >= 4 is 17.3 Å². The molecule has 0 bridgehead atoms. The molecule has 17 heavy (non-hydrogen) atoms. The molecule has 0 N–H and O–H groups in total. The normalized spacial score (nSPS) is 13.4. The largest absolute Gasteiger partial charge is 0.461 e. The Morgan fingerprint density at radius 1 is 0.647 bits per heavy atom. The van der Waals surface area contributed by atoms with Gasteiger partial charge in [-0.1, -0.05) is 0 Å². The molecule has 0 unspecified atom stereocenters. The van der Waals surface area contributed by atoms with Crippen molar-refractivity contribution in [3.63, 3.8) is 0 Å². The van der Waals surface area contributed by atoms with Gasteiger partial charge in [-0.3, -0.25) is 14.4 Å². The molecule has 0 saturated carbocycles. The lowest BCUT2D eigenvalue weighted by Gasteiger charge is -2.16. The number of carbonyl (C=O) groups is 3. The molecule has 0 saturated heterocycles. The van der Waals surface area contributed by atoms with Crippen molar-refractivity contribution in [3.8, 4) is 0 Å². The van der Waals surface area contributed by atoms with Crippen molar-refractivity contribution in [3.05, 3.63) is 0 Å². The van der Waals surface area contributed by atoms with Gasteiger partial charge in [0.1, 0.15) is 0 Å². The molecule has 11 heteroatoms. The first-order valence-electron chi connectivity index (χ1n) is 3.37. The van der Waals surface area contributed by atoms with E-state index in [9.17, 15) is 49.5 Å². The number of carbonyl (C=O) groups excluding carboxylic acids is 3. The monoisotopic (exact) mass is 272 g/mol. The fraction of sp³-hybridized carbons (Fsp3) is 0.500. The Bertz CT molecular complexity index is 362. The minimum Gasteiger partial charge on any atom is -0.283 e. The minimum atomic E-state index is -6.56. The van der Waals surface area contributed by atoms with Crippen LogP contribution < -0.4 is 0 Å². The number of halogens is 8. The molecule has 0 aromatic rings. The van der Waals surface area contributed by atoms with Crippen LogP contribution in [0.5, 0.6) is 0 Å². The molecule has 0 aliphatic rings. The molecule has 0 heterocycles. The van der Waals surface area contributed by atoms with E-state index in [1.54, 1.807) is 0 Å². The van der Waals surface area contributed by atoms with Crippen molar-refractivity contribution in [2.24, 2.45) is 0 Å². The van der Waals surface area contributed by atoms with Crippen LogP contribution in [0.4, 0.5) is 35.1 Å². The molecule has 0 aliphatic heterocycles. The van der Waals surface area contributed by atoms with E-state index in [2.05, 4.69) is 0 Å². The average Bonchev–Trinajstić information content (AvgIpc) is 2.10. The predicted octanol–water partition coefficient (Wildman–Crippen LogP) is 1.45. The van der Waals surface area contributed by atoms with Gasteiger partial charge in [-0.2, -0.15) is 35.1 Å². The summed E-state index contributed by atoms with van der Waals surface area (Å²) in [4.78, 5) is 30.3. The van der Waals surface area contributed by atoms with Crippen LogP contribution in [-0.2, 0) is 14.4 Å². The van der Waals surface area contributed by atoms with Gasteiger partial charge in [0.2, 0.25) is 0 Å². The molecule has 3 nitrogen and oxygen atoms in total. The maximum absolute atomic E-state index is 12.1. The molecule has 0 aromatic carbocycles. The fourth-order valence-electron chi connectivity index (χ4n) is 0.503. The Hall–Kier alpha value is -1.55. The Labute approximate surface area is 86.4 Å². The smallest absolute Gasteiger partial charge is 0.283 e. The van der Waals surface area contributed by atoms with E-state index in [0.29, 0.717) is 0 Å². The molecule has 0 rings (SSSR count). The first-order chi connectivity index (χ1) is 7.23. The molecule has 0 aliphatic carbocycles. The Morgan fingerprint density at radius 2 is 1.00 bits per heavy atom. The molecule has 0 fully saturated rings. The average molecular weight is 272 g/mol. The van der Waals surface area contributed by atoms with Crippen LogP contribution in [0, 0.1) is 0 Å². The number of hydrogen-bond acceptors (Lipinski definition) is 3. The van der Waals surface area contributed by atoms with Gasteiger partial charge in [0.25, 0.3) is 11.6 Å². The maximum Gasteiger partial charge on any atom is 0.461 e. The molecular formula is C6F8O3. The molecule has 0 atom stereocenters. The van der Waals surface area contributed by atoms with E-state index >= 15 is 0 Å². The highest BCUT2D eigenvalue weighted by atomic mass is 19.4. The predicted molar refractivity (Wildman–Crippen MR) is 32.1 cm³/mol. The lowest BCUT2D eigenvalue weighted by Crippen LogP contribution is -2.51. The van der Waals surface area contributed by atoms with Crippen LogP contribution in [0.15, 0.2) is 0 Å². The third kappa shape index (κ3) is 2.97. The van der Waals surface area contributed by atoms with Crippen molar-refractivity contribution in [2.75, 3.05) is 0 Å². The Morgan fingerprint density at radius 3 is 1.24 bits per heavy atom. The number of hydrogen-bond donors (Lipinski definition) is 0. The van der Waals surface area contributed by atoms with E-state index in [-0.39, 0.29) is 0 Å². The van der Waals surface area contributed by atoms with Gasteiger partial charge < -0.3 is 0 Å². The number of alkyl halides is 8. The summed E-state index contributed by atoms with van der Waals surface area (Å²) < 4.78 is 93.2. The van der Waals surface area contributed by atoms with Crippen LogP contribution in [-0.4, -0.2) is 35.6 Å². The summed E-state index contributed by atoms with van der Waals surface area (Å²) in [6.07, 6.45) is -12.6. The van der Waals surface area contributed by atoms with Crippen molar-refractivity contribution < 1.29 is 49.5 Å². The molecule has 0 radical (unpaired) electrons. The summed E-state index contributed by atoms with van der Waals surface area (Å²) in [5.74, 6) is -17.2. The Balaban J connectivity index is 5.24. The summed E-state index contributed by atoms with van der Waals surface area (Å²) >= 11 is 0. The molecule has 0 amide bonds. The maximum atomic E-state index is 12.1. The molecule has 0 aromatic heterocycles. The van der Waals surface area contributed by atoms with Crippen molar-refractivity contribution in [2.45, 2.75) is 18.3 Å². The lowest BCUT2D eigenvalue weighted by molar-refractivity contribution is -0.267. The second-order valence-electron chi connectivity index (χ2n) is 2.56. The molecule has 0 spiro atoms. The topological polar surface area (TPSA) is 51.2 Å². The standard InChI is InChI=1S/C6F8O3/c7-4(8,6(12,13)14)2(16)1(15)3(17)5(9,10)11. The first kappa shape index (κ1) is 15.4. The zero-order valence-corrected chi connectivity index (χ0v) is 7.25. The summed E-state index contributed by atoms with van der Waals surface area (Å²) in [5, 5.41) is 0. The van der Waals surface area contributed by atoms with Gasteiger partial charge in [0.05, 0.1) is 0 Å². The number of ketones is 3. The third-order valence-electron chi connectivity index (χ3n) is 1.31. The van der Waals surface area contributed by atoms with E-state index in [1.165, 1.54) is 0 Å². The van der Waals surface area contributed by atoms with Crippen molar-refractivity contribution in [1.29, 1.82) is 0 Å². The SMILES string of the molecule is O=C(C(=O)C(F)(F)F)C(=O)C(F)(F)C(F)(F)F. The van der Waals surface area contributed by atoms with Crippen LogP contribution in [0.2, 0.25) is 0 Å². The van der Waals surface area contributed by atoms with Crippen LogP contribution >= 0.6 is 0 Å². The van der Waals surface area contributed by atoms with Crippen LogP contribution in [0.3, 0.4) is 0 Å². The summed E-state index contributed by atoms with van der Waals surface area (Å²) in [6.45, 7) is 0. The van der Waals surface area contributed by atoms with Gasteiger partial charge >= 0.3 is 24.1 Å². The van der Waals surface area contributed by atoms with E-state index < -0.39 is 35.6 Å². The fourth-order valence-corrected chi connectivity index (χ4v) is 0.503. The lowest BCUT2D eigenvalue weighted by atomic mass is 10.1. The highest BCUT2D eigenvalue weighted by Crippen LogP contribution is 2.36.